The fraction of sp³-hybridized carbons (Fsp3) is 0.538. The molecule has 1 aromatic carbocycles. The number of halogens is 4. The number of benzene rings is 1. The maximum atomic E-state index is 13.4. The molecule has 2 unspecified atom stereocenters. The van der Waals surface area contributed by atoms with Gasteiger partial charge in [-0.3, -0.25) is 0 Å². The monoisotopic (exact) mass is 279 g/mol. The number of hydrogen-bond donors (Lipinski definition) is 2. The predicted octanol–water partition coefficient (Wildman–Crippen LogP) is 3.11. The highest BCUT2D eigenvalue weighted by atomic mass is 19.4. The van der Waals surface area contributed by atoms with E-state index in [1.54, 1.807) is 0 Å². The van der Waals surface area contributed by atoms with Gasteiger partial charge in [-0.1, -0.05) is 19.9 Å². The molecule has 0 saturated heterocycles. The molecular weight excluding hydrogens is 262 g/mol. The molecule has 0 fully saturated rings. The molecule has 1 aromatic rings. The Morgan fingerprint density at radius 3 is 2.21 bits per heavy atom. The Labute approximate surface area is 109 Å². The van der Waals surface area contributed by atoms with E-state index in [1.165, 1.54) is 0 Å². The van der Waals surface area contributed by atoms with Gasteiger partial charge in [-0.2, -0.15) is 13.2 Å². The Balaban J connectivity index is 3.07. The molecule has 2 nitrogen and oxygen atoms in total. The van der Waals surface area contributed by atoms with Crippen molar-refractivity contribution in [2.24, 2.45) is 17.6 Å². The average molecular weight is 279 g/mol. The van der Waals surface area contributed by atoms with Gasteiger partial charge >= 0.3 is 6.18 Å². The quantitative estimate of drug-likeness (QED) is 0.832. The Morgan fingerprint density at radius 1 is 1.26 bits per heavy atom. The summed E-state index contributed by atoms with van der Waals surface area (Å²) in [5.41, 5.74) is 4.29. The average Bonchev–Trinajstić information content (AvgIpc) is 2.27. The van der Waals surface area contributed by atoms with Crippen LogP contribution in [0, 0.1) is 17.7 Å². The number of aliphatic hydroxyl groups excluding tert-OH is 1. The van der Waals surface area contributed by atoms with Gasteiger partial charge in [0.05, 0.1) is 11.7 Å². The van der Waals surface area contributed by atoms with Crippen molar-refractivity contribution in [2.75, 3.05) is 6.54 Å². The van der Waals surface area contributed by atoms with Crippen LogP contribution >= 0.6 is 0 Å². The van der Waals surface area contributed by atoms with Crippen LogP contribution in [0.1, 0.15) is 31.1 Å². The van der Waals surface area contributed by atoms with Crippen LogP contribution < -0.4 is 5.73 Å². The zero-order valence-electron chi connectivity index (χ0n) is 10.7. The first-order valence-corrected chi connectivity index (χ1v) is 5.93. The van der Waals surface area contributed by atoms with E-state index < -0.39 is 23.7 Å². The van der Waals surface area contributed by atoms with E-state index in [2.05, 4.69) is 0 Å². The van der Waals surface area contributed by atoms with Crippen LogP contribution in [0.15, 0.2) is 18.2 Å². The maximum Gasteiger partial charge on any atom is 0.419 e. The van der Waals surface area contributed by atoms with Crippen molar-refractivity contribution in [2.45, 2.75) is 26.1 Å². The Bertz CT molecular complexity index is 431. The van der Waals surface area contributed by atoms with Crippen molar-refractivity contribution >= 4 is 0 Å². The smallest absolute Gasteiger partial charge is 0.388 e. The standard InChI is InChI=1S/C13H17F4NO/c1-7(2)9(6-18)12(19)8-3-4-10(11(14)5-8)13(15,16)17/h3-5,7,9,12,19H,6,18H2,1-2H3. The van der Waals surface area contributed by atoms with Crippen LogP contribution in [0.4, 0.5) is 17.6 Å². The van der Waals surface area contributed by atoms with Crippen LogP contribution in [0.2, 0.25) is 0 Å². The van der Waals surface area contributed by atoms with Crippen molar-refractivity contribution in [1.29, 1.82) is 0 Å². The van der Waals surface area contributed by atoms with Crippen molar-refractivity contribution in [3.63, 3.8) is 0 Å². The molecule has 0 aliphatic carbocycles. The highest BCUT2D eigenvalue weighted by Crippen LogP contribution is 2.34. The first kappa shape index (κ1) is 15.9. The zero-order valence-corrected chi connectivity index (χ0v) is 10.7. The Kier molecular flexibility index (Phi) is 4.92. The Hall–Kier alpha value is -1.14. The predicted molar refractivity (Wildman–Crippen MR) is 63.7 cm³/mol. The molecule has 0 amide bonds. The Morgan fingerprint density at radius 2 is 1.84 bits per heavy atom. The van der Waals surface area contributed by atoms with Crippen molar-refractivity contribution in [3.8, 4) is 0 Å². The summed E-state index contributed by atoms with van der Waals surface area (Å²) in [6.07, 6.45) is -5.82. The molecule has 0 saturated carbocycles. The number of aliphatic hydroxyl groups is 1. The summed E-state index contributed by atoms with van der Waals surface area (Å²) in [6.45, 7) is 3.84. The summed E-state index contributed by atoms with van der Waals surface area (Å²) in [4.78, 5) is 0. The second kappa shape index (κ2) is 5.88. The fourth-order valence-corrected chi connectivity index (χ4v) is 1.96. The fourth-order valence-electron chi connectivity index (χ4n) is 1.96. The summed E-state index contributed by atoms with van der Waals surface area (Å²) >= 11 is 0. The molecule has 2 atom stereocenters. The SMILES string of the molecule is CC(C)C(CN)C(O)c1ccc(C(F)(F)F)c(F)c1. The topological polar surface area (TPSA) is 46.2 Å². The number of rotatable bonds is 4. The van der Waals surface area contributed by atoms with Gasteiger partial charge in [-0.25, -0.2) is 4.39 Å². The molecule has 0 aliphatic rings. The molecule has 0 bridgehead atoms. The minimum absolute atomic E-state index is 0.0327. The lowest BCUT2D eigenvalue weighted by molar-refractivity contribution is -0.140. The lowest BCUT2D eigenvalue weighted by Crippen LogP contribution is -2.26. The molecule has 0 radical (unpaired) electrons. The third kappa shape index (κ3) is 3.67. The zero-order chi connectivity index (χ0) is 14.8. The minimum atomic E-state index is -4.74. The van der Waals surface area contributed by atoms with Crippen LogP contribution in [-0.4, -0.2) is 11.7 Å². The number of nitrogens with two attached hydrogens (primary N) is 1. The molecule has 3 N–H and O–H groups in total. The molecule has 108 valence electrons. The van der Waals surface area contributed by atoms with E-state index in [4.69, 9.17) is 5.73 Å². The van der Waals surface area contributed by atoms with E-state index in [-0.39, 0.29) is 23.9 Å². The van der Waals surface area contributed by atoms with Gasteiger partial charge in [0.15, 0.2) is 0 Å². The normalized spacial score (nSPS) is 15.6. The summed E-state index contributed by atoms with van der Waals surface area (Å²) in [5.74, 6) is -1.69. The van der Waals surface area contributed by atoms with Gasteiger partial charge in [0.1, 0.15) is 5.82 Å². The third-order valence-electron chi connectivity index (χ3n) is 3.17. The van der Waals surface area contributed by atoms with Crippen LogP contribution in [0.25, 0.3) is 0 Å². The summed E-state index contributed by atoms with van der Waals surface area (Å²) in [6, 6.07) is 2.45. The highest BCUT2D eigenvalue weighted by Gasteiger charge is 2.34. The van der Waals surface area contributed by atoms with Gasteiger partial charge in [0.2, 0.25) is 0 Å². The number of hydrogen-bond acceptors (Lipinski definition) is 2. The summed E-state index contributed by atoms with van der Waals surface area (Å²) < 4.78 is 50.6. The molecule has 0 aliphatic heterocycles. The van der Waals surface area contributed by atoms with Gasteiger partial charge in [-0.15, -0.1) is 0 Å². The van der Waals surface area contributed by atoms with Crippen LogP contribution in [-0.2, 0) is 6.18 Å². The second-order valence-corrected chi connectivity index (χ2v) is 4.83. The molecule has 0 spiro atoms. The van der Waals surface area contributed by atoms with Crippen molar-refractivity contribution in [1.82, 2.24) is 0 Å². The molecule has 6 heteroatoms. The second-order valence-electron chi connectivity index (χ2n) is 4.83. The number of alkyl halides is 3. The van der Waals surface area contributed by atoms with Crippen LogP contribution in [0.3, 0.4) is 0 Å². The van der Waals surface area contributed by atoms with Crippen molar-refractivity contribution in [3.05, 3.63) is 35.1 Å². The molecule has 19 heavy (non-hydrogen) atoms. The minimum Gasteiger partial charge on any atom is -0.388 e. The van der Waals surface area contributed by atoms with E-state index in [0.717, 1.165) is 12.1 Å². The van der Waals surface area contributed by atoms with E-state index >= 15 is 0 Å². The largest absolute Gasteiger partial charge is 0.419 e. The molecular formula is C13H17F4NO. The maximum absolute atomic E-state index is 13.4. The summed E-state index contributed by atoms with van der Waals surface area (Å²) in [7, 11) is 0. The first-order chi connectivity index (χ1) is 8.68. The first-order valence-electron chi connectivity index (χ1n) is 5.93. The van der Waals surface area contributed by atoms with E-state index in [0.29, 0.717) is 6.07 Å². The van der Waals surface area contributed by atoms with Gasteiger partial charge in [-0.05, 0) is 30.2 Å². The lowest BCUT2D eigenvalue weighted by Gasteiger charge is -2.25. The van der Waals surface area contributed by atoms with Crippen molar-refractivity contribution < 1.29 is 22.7 Å². The molecule has 0 heterocycles. The third-order valence-corrected chi connectivity index (χ3v) is 3.17. The van der Waals surface area contributed by atoms with Gasteiger partial charge in [0, 0.05) is 5.92 Å². The van der Waals surface area contributed by atoms with Crippen LogP contribution in [0.5, 0.6) is 0 Å². The lowest BCUT2D eigenvalue weighted by atomic mass is 9.86. The van der Waals surface area contributed by atoms with Gasteiger partial charge < -0.3 is 10.8 Å². The molecule has 0 aromatic heterocycles. The van der Waals surface area contributed by atoms with E-state index in [1.807, 2.05) is 13.8 Å². The van der Waals surface area contributed by atoms with Gasteiger partial charge in [0.25, 0.3) is 0 Å². The van der Waals surface area contributed by atoms with E-state index in [9.17, 15) is 22.7 Å². The highest BCUT2D eigenvalue weighted by molar-refractivity contribution is 5.28. The molecule has 1 rings (SSSR count). The summed E-state index contributed by atoms with van der Waals surface area (Å²) in [5, 5.41) is 10.0.